The second-order valence-corrected chi connectivity index (χ2v) is 10.8. The summed E-state index contributed by atoms with van der Waals surface area (Å²) in [5, 5.41) is 14.9. The molecule has 0 saturated carbocycles. The Morgan fingerprint density at radius 1 is 0.826 bits per heavy atom. The Bertz CT molecular complexity index is 1420. The van der Waals surface area contributed by atoms with Gasteiger partial charge in [0, 0.05) is 26.1 Å². The minimum absolute atomic E-state index is 0.00568. The SMILES string of the molecule is CON(C)C(=O)[C@H](CNC(=O)c1ccno1)NC(=O)[C@H](Cc1ccccc1)NC(=O)[C@H](CC(C)C)NC(=O)OCc1ccccc1. The maximum atomic E-state index is 13.7. The van der Waals surface area contributed by atoms with E-state index in [0.717, 1.165) is 16.2 Å². The van der Waals surface area contributed by atoms with E-state index < -0.39 is 47.8 Å². The normalized spacial score (nSPS) is 12.7. The van der Waals surface area contributed by atoms with Gasteiger partial charge < -0.3 is 30.5 Å². The van der Waals surface area contributed by atoms with Crippen LogP contribution in [0.3, 0.4) is 0 Å². The molecule has 14 nitrogen and oxygen atoms in total. The number of rotatable bonds is 16. The number of aromatic nitrogens is 1. The van der Waals surface area contributed by atoms with E-state index in [1.165, 1.54) is 26.4 Å². The second kappa shape index (κ2) is 17.9. The third-order valence-electron chi connectivity index (χ3n) is 6.77. The van der Waals surface area contributed by atoms with Gasteiger partial charge in [0.05, 0.1) is 13.3 Å². The molecule has 246 valence electrons. The van der Waals surface area contributed by atoms with Gasteiger partial charge in [-0.25, -0.2) is 9.86 Å². The molecule has 1 aromatic heterocycles. The molecule has 0 spiro atoms. The van der Waals surface area contributed by atoms with Crippen LogP contribution in [-0.4, -0.2) is 78.8 Å². The van der Waals surface area contributed by atoms with Crippen molar-refractivity contribution < 1.29 is 38.1 Å². The molecule has 0 aliphatic carbocycles. The molecule has 0 unspecified atom stereocenters. The number of likely N-dealkylation sites (N-methyl/N-ethyl adjacent to an activating group) is 1. The molecule has 1 heterocycles. The summed E-state index contributed by atoms with van der Waals surface area (Å²) in [4.78, 5) is 70.5. The molecular formula is C32H40N6O8. The van der Waals surface area contributed by atoms with Crippen molar-refractivity contribution in [1.82, 2.24) is 31.5 Å². The first-order chi connectivity index (χ1) is 22.1. The number of carbonyl (C=O) groups excluding carboxylic acids is 5. The molecule has 3 rings (SSSR count). The number of alkyl carbamates (subject to hydrolysis) is 1. The number of nitrogens with one attached hydrogen (secondary N) is 4. The largest absolute Gasteiger partial charge is 0.445 e. The van der Waals surface area contributed by atoms with Gasteiger partial charge in [-0.2, -0.15) is 0 Å². The molecule has 0 bridgehead atoms. The fourth-order valence-electron chi connectivity index (χ4n) is 4.34. The number of hydrogen-bond donors (Lipinski definition) is 4. The maximum absolute atomic E-state index is 13.7. The summed E-state index contributed by atoms with van der Waals surface area (Å²) >= 11 is 0. The zero-order valence-electron chi connectivity index (χ0n) is 26.2. The van der Waals surface area contributed by atoms with Gasteiger partial charge in [-0.3, -0.25) is 24.0 Å². The van der Waals surface area contributed by atoms with E-state index in [0.29, 0.717) is 0 Å². The van der Waals surface area contributed by atoms with Gasteiger partial charge in [0.15, 0.2) is 0 Å². The smallest absolute Gasteiger partial charge is 0.408 e. The molecule has 0 saturated heterocycles. The van der Waals surface area contributed by atoms with E-state index in [9.17, 15) is 24.0 Å². The summed E-state index contributed by atoms with van der Waals surface area (Å²) in [5.41, 5.74) is 1.51. The van der Waals surface area contributed by atoms with Crippen molar-refractivity contribution in [2.45, 2.75) is 51.4 Å². The molecule has 3 aromatic rings. The van der Waals surface area contributed by atoms with Crippen molar-refractivity contribution in [3.8, 4) is 0 Å². The van der Waals surface area contributed by atoms with Crippen LogP contribution in [0.1, 0.15) is 41.9 Å². The Balaban J connectivity index is 1.77. The average Bonchev–Trinajstić information content (AvgIpc) is 3.60. The maximum Gasteiger partial charge on any atom is 0.408 e. The lowest BCUT2D eigenvalue weighted by molar-refractivity contribution is -0.171. The van der Waals surface area contributed by atoms with Gasteiger partial charge in [-0.05, 0) is 23.5 Å². The molecule has 3 atom stereocenters. The van der Waals surface area contributed by atoms with E-state index in [1.807, 2.05) is 38.1 Å². The van der Waals surface area contributed by atoms with Crippen LogP contribution < -0.4 is 21.3 Å². The van der Waals surface area contributed by atoms with Crippen LogP contribution in [0.5, 0.6) is 0 Å². The average molecular weight is 637 g/mol. The van der Waals surface area contributed by atoms with Gasteiger partial charge in [0.1, 0.15) is 24.7 Å². The number of nitrogens with zero attached hydrogens (tertiary/aromatic N) is 2. The van der Waals surface area contributed by atoms with E-state index in [-0.39, 0.29) is 37.7 Å². The number of benzene rings is 2. The van der Waals surface area contributed by atoms with Gasteiger partial charge >= 0.3 is 6.09 Å². The molecule has 46 heavy (non-hydrogen) atoms. The fraction of sp³-hybridized carbons (Fsp3) is 0.375. The fourth-order valence-corrected chi connectivity index (χ4v) is 4.34. The van der Waals surface area contributed by atoms with Crippen molar-refractivity contribution in [2.75, 3.05) is 20.7 Å². The first kappa shape index (κ1) is 35.2. The summed E-state index contributed by atoms with van der Waals surface area (Å²) in [7, 11) is 2.62. The summed E-state index contributed by atoms with van der Waals surface area (Å²) < 4.78 is 10.2. The third kappa shape index (κ3) is 11.4. The predicted octanol–water partition coefficient (Wildman–Crippen LogP) is 1.98. The van der Waals surface area contributed by atoms with Gasteiger partial charge in [-0.1, -0.05) is 79.7 Å². The van der Waals surface area contributed by atoms with Gasteiger partial charge in [0.25, 0.3) is 11.8 Å². The molecule has 0 radical (unpaired) electrons. The minimum atomic E-state index is -1.28. The van der Waals surface area contributed by atoms with Crippen LogP contribution in [-0.2, 0) is 37.0 Å². The highest BCUT2D eigenvalue weighted by Crippen LogP contribution is 2.10. The Kier molecular flexibility index (Phi) is 13.7. The highest BCUT2D eigenvalue weighted by Gasteiger charge is 2.32. The lowest BCUT2D eigenvalue weighted by Gasteiger charge is -2.27. The first-order valence-corrected chi connectivity index (χ1v) is 14.7. The summed E-state index contributed by atoms with van der Waals surface area (Å²) in [6.45, 7) is 3.47. The molecule has 5 amide bonds. The zero-order valence-corrected chi connectivity index (χ0v) is 26.2. The van der Waals surface area contributed by atoms with E-state index in [4.69, 9.17) is 14.1 Å². The number of amides is 5. The number of carbonyl (C=O) groups is 5. The highest BCUT2D eigenvalue weighted by molar-refractivity contribution is 5.95. The van der Waals surface area contributed by atoms with Crippen LogP contribution in [0.25, 0.3) is 0 Å². The topological polar surface area (TPSA) is 181 Å². The molecule has 0 fully saturated rings. The number of hydrogen-bond acceptors (Lipinski definition) is 9. The minimum Gasteiger partial charge on any atom is -0.445 e. The summed E-state index contributed by atoms with van der Waals surface area (Å²) in [5.74, 6) is -2.72. The van der Waals surface area contributed by atoms with Crippen LogP contribution in [0.4, 0.5) is 4.79 Å². The Morgan fingerprint density at radius 2 is 1.43 bits per heavy atom. The highest BCUT2D eigenvalue weighted by atomic mass is 16.7. The third-order valence-corrected chi connectivity index (χ3v) is 6.77. The van der Waals surface area contributed by atoms with Crippen LogP contribution in [0.15, 0.2) is 77.4 Å². The van der Waals surface area contributed by atoms with Gasteiger partial charge in [0.2, 0.25) is 17.6 Å². The van der Waals surface area contributed by atoms with E-state index in [1.54, 1.807) is 36.4 Å². The van der Waals surface area contributed by atoms with Crippen molar-refractivity contribution in [3.63, 3.8) is 0 Å². The predicted molar refractivity (Wildman–Crippen MR) is 166 cm³/mol. The first-order valence-electron chi connectivity index (χ1n) is 14.7. The zero-order chi connectivity index (χ0) is 33.5. The molecular weight excluding hydrogens is 596 g/mol. The molecule has 14 heteroatoms. The van der Waals surface area contributed by atoms with Crippen molar-refractivity contribution in [2.24, 2.45) is 5.92 Å². The van der Waals surface area contributed by atoms with Crippen molar-refractivity contribution in [3.05, 3.63) is 89.8 Å². The summed E-state index contributed by atoms with van der Waals surface area (Å²) in [6.07, 6.45) is 0.833. The van der Waals surface area contributed by atoms with E-state index in [2.05, 4.69) is 26.4 Å². The second-order valence-electron chi connectivity index (χ2n) is 10.8. The van der Waals surface area contributed by atoms with Crippen LogP contribution >= 0.6 is 0 Å². The Morgan fingerprint density at radius 3 is 2.02 bits per heavy atom. The monoisotopic (exact) mass is 636 g/mol. The number of ether oxygens (including phenoxy) is 1. The van der Waals surface area contributed by atoms with Crippen LogP contribution in [0, 0.1) is 5.92 Å². The molecule has 2 aromatic carbocycles. The van der Waals surface area contributed by atoms with Crippen molar-refractivity contribution in [1.29, 1.82) is 0 Å². The molecule has 0 aliphatic rings. The summed E-state index contributed by atoms with van der Waals surface area (Å²) in [6, 6.07) is 15.9. The quantitative estimate of drug-likeness (QED) is 0.171. The lowest BCUT2D eigenvalue weighted by Crippen LogP contribution is -2.59. The Labute approximate surface area is 267 Å². The van der Waals surface area contributed by atoms with Gasteiger partial charge in [-0.15, -0.1) is 0 Å². The van der Waals surface area contributed by atoms with Crippen molar-refractivity contribution >= 4 is 29.7 Å². The van der Waals surface area contributed by atoms with Crippen LogP contribution in [0.2, 0.25) is 0 Å². The Hall–Kier alpha value is -5.24. The molecule has 4 N–H and O–H groups in total. The van der Waals surface area contributed by atoms with E-state index >= 15 is 0 Å². The lowest BCUT2D eigenvalue weighted by atomic mass is 10.0. The standard InChI is InChI=1S/C32H40N6O8/c1-21(2)17-24(37-32(43)45-20-23-13-9-6-10-14-23)28(39)35-25(18-22-11-7-5-8-12-22)29(40)36-26(31(42)38(3)44-4)19-33-30(41)27-15-16-34-46-27/h5-16,21,24-26H,17-20H2,1-4H3,(H,33,41)(H,35,39)(H,36,40)(H,37,43)/t24-,25-,26-/m0/s1. The number of hydroxylamine groups is 2. The molecule has 0 aliphatic heterocycles.